The van der Waals surface area contributed by atoms with Crippen molar-refractivity contribution in [1.29, 1.82) is 0 Å². The van der Waals surface area contributed by atoms with E-state index >= 15 is 0 Å². The van der Waals surface area contributed by atoms with Gasteiger partial charge >= 0.3 is 0 Å². The smallest absolute Gasteiger partial charge is 0.128 e. The first kappa shape index (κ1) is 11.2. The van der Waals surface area contributed by atoms with Crippen LogP contribution in [0.2, 0.25) is 0 Å². The van der Waals surface area contributed by atoms with Crippen molar-refractivity contribution < 1.29 is 9.13 Å². The van der Waals surface area contributed by atoms with E-state index in [1.165, 1.54) is 6.07 Å². The van der Waals surface area contributed by atoms with Crippen LogP contribution in [0.1, 0.15) is 22.7 Å². The van der Waals surface area contributed by atoms with Crippen LogP contribution in [0.3, 0.4) is 0 Å². The van der Waals surface area contributed by atoms with Gasteiger partial charge in [-0.25, -0.2) is 4.39 Å². The molecule has 0 radical (unpaired) electrons. The van der Waals surface area contributed by atoms with Crippen LogP contribution >= 0.6 is 0 Å². The third-order valence-electron chi connectivity index (χ3n) is 3.38. The third-order valence-corrected chi connectivity index (χ3v) is 3.38. The average molecular weight is 243 g/mol. The van der Waals surface area contributed by atoms with E-state index in [-0.39, 0.29) is 11.9 Å². The monoisotopic (exact) mass is 243 g/mol. The lowest BCUT2D eigenvalue weighted by molar-refractivity contribution is 0.414. The average Bonchev–Trinajstić information content (AvgIpc) is 2.84. The van der Waals surface area contributed by atoms with Gasteiger partial charge in [-0.05, 0) is 29.3 Å². The first-order chi connectivity index (χ1) is 8.79. The molecule has 0 aliphatic carbocycles. The lowest BCUT2D eigenvalue weighted by Gasteiger charge is -2.13. The quantitative estimate of drug-likeness (QED) is 0.875. The van der Waals surface area contributed by atoms with Gasteiger partial charge in [0.15, 0.2) is 0 Å². The van der Waals surface area contributed by atoms with Crippen molar-refractivity contribution in [2.75, 3.05) is 7.11 Å². The van der Waals surface area contributed by atoms with Gasteiger partial charge in [-0.3, -0.25) is 0 Å². The Morgan fingerprint density at radius 3 is 2.67 bits per heavy atom. The number of methoxy groups -OCH3 is 1. The van der Waals surface area contributed by atoms with Gasteiger partial charge in [0.1, 0.15) is 11.6 Å². The predicted octanol–water partition coefficient (Wildman–Crippen LogP) is 3.03. The Labute approximate surface area is 105 Å². The maximum atomic E-state index is 13.9. The number of ether oxygens (including phenoxy) is 1. The van der Waals surface area contributed by atoms with Crippen LogP contribution in [0.25, 0.3) is 0 Å². The highest BCUT2D eigenvalue weighted by Gasteiger charge is 2.26. The van der Waals surface area contributed by atoms with E-state index in [4.69, 9.17) is 4.74 Å². The van der Waals surface area contributed by atoms with E-state index in [1.807, 2.05) is 30.3 Å². The zero-order valence-electron chi connectivity index (χ0n) is 10.1. The van der Waals surface area contributed by atoms with Crippen LogP contribution in [0.15, 0.2) is 42.5 Å². The Kier molecular flexibility index (Phi) is 2.76. The van der Waals surface area contributed by atoms with Crippen molar-refractivity contribution in [1.82, 2.24) is 5.32 Å². The fourth-order valence-electron chi connectivity index (χ4n) is 2.45. The van der Waals surface area contributed by atoms with Gasteiger partial charge in [-0.1, -0.05) is 24.3 Å². The summed E-state index contributed by atoms with van der Waals surface area (Å²) >= 11 is 0. The molecule has 1 atom stereocenters. The molecule has 1 aliphatic rings. The Morgan fingerprint density at radius 1 is 1.17 bits per heavy atom. The van der Waals surface area contributed by atoms with Crippen molar-refractivity contribution in [3.8, 4) is 5.75 Å². The van der Waals surface area contributed by atoms with Gasteiger partial charge in [0.2, 0.25) is 0 Å². The van der Waals surface area contributed by atoms with Crippen molar-refractivity contribution in [2.24, 2.45) is 0 Å². The lowest BCUT2D eigenvalue weighted by Crippen LogP contribution is -2.14. The lowest BCUT2D eigenvalue weighted by atomic mass is 9.98. The van der Waals surface area contributed by atoms with Crippen molar-refractivity contribution >= 4 is 0 Å². The second kappa shape index (κ2) is 4.42. The minimum atomic E-state index is -0.140. The second-order valence-electron chi connectivity index (χ2n) is 4.40. The summed E-state index contributed by atoms with van der Waals surface area (Å²) in [6, 6.07) is 12.9. The number of hydrogen-bond acceptors (Lipinski definition) is 2. The first-order valence-corrected chi connectivity index (χ1v) is 5.94. The maximum absolute atomic E-state index is 13.9. The highest BCUT2D eigenvalue weighted by Crippen LogP contribution is 2.33. The summed E-state index contributed by atoms with van der Waals surface area (Å²) in [5, 5.41) is 3.34. The minimum absolute atomic E-state index is 0.0629. The Hall–Kier alpha value is -1.87. The molecule has 3 heteroatoms. The van der Waals surface area contributed by atoms with Gasteiger partial charge in [0, 0.05) is 12.1 Å². The largest absolute Gasteiger partial charge is 0.497 e. The molecule has 0 fully saturated rings. The van der Waals surface area contributed by atoms with Gasteiger partial charge in [0.25, 0.3) is 0 Å². The number of halogens is 1. The SMILES string of the molecule is COc1ccc(C2NCc3cccc(F)c32)cc1. The molecular weight excluding hydrogens is 229 g/mol. The summed E-state index contributed by atoms with van der Waals surface area (Å²) in [4.78, 5) is 0. The van der Waals surface area contributed by atoms with Gasteiger partial charge in [-0.15, -0.1) is 0 Å². The molecule has 1 heterocycles. The van der Waals surface area contributed by atoms with E-state index in [2.05, 4.69) is 5.32 Å². The number of fused-ring (bicyclic) bond motifs is 1. The highest BCUT2D eigenvalue weighted by molar-refractivity contribution is 5.43. The predicted molar refractivity (Wildman–Crippen MR) is 68.1 cm³/mol. The van der Waals surface area contributed by atoms with Crippen LogP contribution in [0.4, 0.5) is 4.39 Å². The van der Waals surface area contributed by atoms with E-state index in [9.17, 15) is 4.39 Å². The molecule has 0 amide bonds. The van der Waals surface area contributed by atoms with E-state index in [1.54, 1.807) is 13.2 Å². The molecule has 2 aromatic rings. The zero-order chi connectivity index (χ0) is 12.5. The maximum Gasteiger partial charge on any atom is 0.128 e. The summed E-state index contributed by atoms with van der Waals surface area (Å²) < 4.78 is 19.0. The van der Waals surface area contributed by atoms with Gasteiger partial charge < -0.3 is 10.1 Å². The molecule has 0 bridgehead atoms. The topological polar surface area (TPSA) is 21.3 Å². The number of benzene rings is 2. The second-order valence-corrected chi connectivity index (χ2v) is 4.40. The Morgan fingerprint density at radius 2 is 1.94 bits per heavy atom. The minimum Gasteiger partial charge on any atom is -0.497 e. The molecule has 1 aliphatic heterocycles. The van der Waals surface area contributed by atoms with Crippen LogP contribution in [-0.2, 0) is 6.54 Å². The first-order valence-electron chi connectivity index (χ1n) is 5.94. The van der Waals surface area contributed by atoms with Crippen molar-refractivity contribution in [2.45, 2.75) is 12.6 Å². The van der Waals surface area contributed by atoms with Crippen LogP contribution in [0.5, 0.6) is 5.75 Å². The number of rotatable bonds is 2. The molecule has 0 spiro atoms. The molecule has 92 valence electrons. The fourth-order valence-corrected chi connectivity index (χ4v) is 2.45. The number of hydrogen-bond donors (Lipinski definition) is 1. The van der Waals surface area contributed by atoms with Gasteiger partial charge in [0.05, 0.1) is 13.2 Å². The highest BCUT2D eigenvalue weighted by atomic mass is 19.1. The molecule has 0 saturated carbocycles. The van der Waals surface area contributed by atoms with E-state index in [0.29, 0.717) is 6.54 Å². The normalized spacial score (nSPS) is 17.6. The summed E-state index contributed by atoms with van der Waals surface area (Å²) in [5.41, 5.74) is 2.86. The summed E-state index contributed by atoms with van der Waals surface area (Å²) in [6.45, 7) is 0.712. The van der Waals surface area contributed by atoms with E-state index in [0.717, 1.165) is 22.4 Å². The summed E-state index contributed by atoms with van der Waals surface area (Å²) in [5.74, 6) is 0.670. The van der Waals surface area contributed by atoms with Crippen LogP contribution in [-0.4, -0.2) is 7.11 Å². The van der Waals surface area contributed by atoms with Crippen molar-refractivity contribution in [3.05, 3.63) is 65.0 Å². The Balaban J connectivity index is 2.00. The molecule has 0 aromatic heterocycles. The van der Waals surface area contributed by atoms with Gasteiger partial charge in [-0.2, -0.15) is 0 Å². The fraction of sp³-hybridized carbons (Fsp3) is 0.200. The molecule has 2 aromatic carbocycles. The molecular formula is C15H14FNO. The van der Waals surface area contributed by atoms with Crippen LogP contribution < -0.4 is 10.1 Å². The zero-order valence-corrected chi connectivity index (χ0v) is 10.1. The molecule has 18 heavy (non-hydrogen) atoms. The summed E-state index contributed by atoms with van der Waals surface area (Å²) in [7, 11) is 1.64. The van der Waals surface area contributed by atoms with Crippen molar-refractivity contribution in [3.63, 3.8) is 0 Å². The number of nitrogens with one attached hydrogen (secondary N) is 1. The molecule has 1 unspecified atom stereocenters. The standard InChI is InChI=1S/C15H14FNO/c1-18-12-7-5-10(6-8-12)15-14-11(9-17-15)3-2-4-13(14)16/h2-8,15,17H,9H2,1H3. The summed E-state index contributed by atoms with van der Waals surface area (Å²) in [6.07, 6.45) is 0. The van der Waals surface area contributed by atoms with Crippen LogP contribution in [0, 0.1) is 5.82 Å². The molecule has 0 saturated heterocycles. The van der Waals surface area contributed by atoms with E-state index < -0.39 is 0 Å². The Bertz CT molecular complexity index is 565. The molecule has 2 nitrogen and oxygen atoms in total. The molecule has 3 rings (SSSR count). The molecule has 1 N–H and O–H groups in total. The third kappa shape index (κ3) is 1.77.